The van der Waals surface area contributed by atoms with Crippen LogP contribution in [0, 0.1) is 5.92 Å². The number of benzene rings is 1. The Morgan fingerprint density at radius 3 is 3.00 bits per heavy atom. The minimum absolute atomic E-state index is 0.454. The summed E-state index contributed by atoms with van der Waals surface area (Å²) in [6.07, 6.45) is 2.29. The van der Waals surface area contributed by atoms with Crippen molar-refractivity contribution in [3.63, 3.8) is 0 Å². The van der Waals surface area contributed by atoms with E-state index in [0.717, 1.165) is 51.6 Å². The normalized spacial score (nSPS) is 18.9. The van der Waals surface area contributed by atoms with Crippen LogP contribution in [0.25, 0.3) is 0 Å². The van der Waals surface area contributed by atoms with Crippen LogP contribution >= 0.6 is 0 Å². The van der Waals surface area contributed by atoms with Crippen molar-refractivity contribution in [1.82, 2.24) is 10.6 Å². The molecule has 2 N–H and O–H groups in total. The molecule has 0 saturated carbocycles. The summed E-state index contributed by atoms with van der Waals surface area (Å²) in [7, 11) is 0. The Labute approximate surface area is 123 Å². The molecule has 3 nitrogen and oxygen atoms in total. The van der Waals surface area contributed by atoms with Gasteiger partial charge in [-0.1, -0.05) is 38.1 Å². The standard InChI is InChI=1S/C17H28N2O/c1-14(2)8-11-20-12-10-19-17-7-9-18-13-15-5-3-4-6-16(15)17/h3-6,14,17-19H,7-13H2,1-2H3. The van der Waals surface area contributed by atoms with Gasteiger partial charge in [-0.15, -0.1) is 0 Å². The van der Waals surface area contributed by atoms with Gasteiger partial charge >= 0.3 is 0 Å². The van der Waals surface area contributed by atoms with Gasteiger partial charge in [0.15, 0.2) is 0 Å². The Balaban J connectivity index is 1.75. The zero-order valence-corrected chi connectivity index (χ0v) is 12.8. The number of rotatable bonds is 7. The number of nitrogens with one attached hydrogen (secondary N) is 2. The smallest absolute Gasteiger partial charge is 0.0591 e. The molecule has 3 heteroatoms. The molecule has 1 aromatic rings. The first-order chi connectivity index (χ1) is 9.77. The average molecular weight is 276 g/mol. The first-order valence-electron chi connectivity index (χ1n) is 7.87. The largest absolute Gasteiger partial charge is 0.380 e. The highest BCUT2D eigenvalue weighted by Crippen LogP contribution is 2.23. The van der Waals surface area contributed by atoms with E-state index in [4.69, 9.17) is 4.74 Å². The molecule has 0 fully saturated rings. The fourth-order valence-corrected chi connectivity index (χ4v) is 2.60. The van der Waals surface area contributed by atoms with Crippen molar-refractivity contribution in [3.05, 3.63) is 35.4 Å². The molecule has 1 unspecified atom stereocenters. The molecule has 112 valence electrons. The molecule has 1 aromatic carbocycles. The molecule has 2 rings (SSSR count). The predicted molar refractivity (Wildman–Crippen MR) is 83.8 cm³/mol. The lowest BCUT2D eigenvalue weighted by atomic mass is 9.99. The maximum absolute atomic E-state index is 5.68. The zero-order valence-electron chi connectivity index (χ0n) is 12.8. The molecule has 0 bridgehead atoms. The van der Waals surface area contributed by atoms with Crippen LogP contribution in [0.15, 0.2) is 24.3 Å². The molecule has 0 amide bonds. The third kappa shape index (κ3) is 4.89. The minimum atomic E-state index is 0.454. The van der Waals surface area contributed by atoms with Crippen molar-refractivity contribution in [2.24, 2.45) is 5.92 Å². The Hall–Kier alpha value is -0.900. The molecule has 0 aromatic heterocycles. The van der Waals surface area contributed by atoms with E-state index in [9.17, 15) is 0 Å². The Morgan fingerprint density at radius 2 is 2.15 bits per heavy atom. The van der Waals surface area contributed by atoms with Gasteiger partial charge in [-0.3, -0.25) is 0 Å². The van der Waals surface area contributed by atoms with Gasteiger partial charge < -0.3 is 15.4 Å². The number of hydrogen-bond donors (Lipinski definition) is 2. The quantitative estimate of drug-likeness (QED) is 0.751. The summed E-state index contributed by atoms with van der Waals surface area (Å²) in [5, 5.41) is 7.13. The van der Waals surface area contributed by atoms with Crippen LogP contribution in [-0.4, -0.2) is 26.3 Å². The van der Waals surface area contributed by atoms with Gasteiger partial charge in [-0.05, 0) is 36.4 Å². The molecule has 1 aliphatic heterocycles. The number of hydrogen-bond acceptors (Lipinski definition) is 3. The van der Waals surface area contributed by atoms with E-state index in [1.54, 1.807) is 0 Å². The lowest BCUT2D eigenvalue weighted by molar-refractivity contribution is 0.123. The summed E-state index contributed by atoms with van der Waals surface area (Å²) in [6.45, 7) is 9.13. The first-order valence-corrected chi connectivity index (χ1v) is 7.87. The van der Waals surface area contributed by atoms with Crippen molar-refractivity contribution in [3.8, 4) is 0 Å². The van der Waals surface area contributed by atoms with Crippen LogP contribution in [0.1, 0.15) is 43.9 Å². The van der Waals surface area contributed by atoms with Crippen LogP contribution in [0.5, 0.6) is 0 Å². The second-order valence-electron chi connectivity index (χ2n) is 5.97. The summed E-state index contributed by atoms with van der Waals surface area (Å²) in [5.41, 5.74) is 2.86. The van der Waals surface area contributed by atoms with E-state index in [-0.39, 0.29) is 0 Å². The SMILES string of the molecule is CC(C)CCOCCNC1CCNCc2ccccc21. The lowest BCUT2D eigenvalue weighted by Crippen LogP contribution is -2.26. The van der Waals surface area contributed by atoms with Crippen molar-refractivity contribution < 1.29 is 4.74 Å². The topological polar surface area (TPSA) is 33.3 Å². The highest BCUT2D eigenvalue weighted by Gasteiger charge is 2.16. The highest BCUT2D eigenvalue weighted by atomic mass is 16.5. The molecule has 0 radical (unpaired) electrons. The molecule has 0 saturated heterocycles. The van der Waals surface area contributed by atoms with Crippen LogP contribution in [0.3, 0.4) is 0 Å². The van der Waals surface area contributed by atoms with Crippen LogP contribution in [-0.2, 0) is 11.3 Å². The summed E-state index contributed by atoms with van der Waals surface area (Å²) in [5.74, 6) is 0.725. The van der Waals surface area contributed by atoms with Crippen molar-refractivity contribution >= 4 is 0 Å². The van der Waals surface area contributed by atoms with E-state index in [0.29, 0.717) is 6.04 Å². The monoisotopic (exact) mass is 276 g/mol. The Kier molecular flexibility index (Phi) is 6.51. The van der Waals surface area contributed by atoms with Gasteiger partial charge in [-0.2, -0.15) is 0 Å². The third-order valence-electron chi connectivity index (χ3n) is 3.83. The maximum atomic E-state index is 5.68. The fourth-order valence-electron chi connectivity index (χ4n) is 2.60. The molecular weight excluding hydrogens is 248 g/mol. The molecule has 0 aliphatic carbocycles. The first kappa shape index (κ1) is 15.5. The third-order valence-corrected chi connectivity index (χ3v) is 3.83. The number of fused-ring (bicyclic) bond motifs is 1. The van der Waals surface area contributed by atoms with E-state index in [1.807, 2.05) is 0 Å². The highest BCUT2D eigenvalue weighted by molar-refractivity contribution is 5.30. The van der Waals surface area contributed by atoms with E-state index >= 15 is 0 Å². The minimum Gasteiger partial charge on any atom is -0.380 e. The molecule has 0 spiro atoms. The van der Waals surface area contributed by atoms with Gasteiger partial charge in [-0.25, -0.2) is 0 Å². The van der Waals surface area contributed by atoms with Crippen molar-refractivity contribution in [2.75, 3.05) is 26.3 Å². The Bertz CT molecular complexity index is 392. The van der Waals surface area contributed by atoms with Gasteiger partial charge in [0.2, 0.25) is 0 Å². The average Bonchev–Trinajstić information content (AvgIpc) is 2.65. The summed E-state index contributed by atoms with van der Waals surface area (Å²) < 4.78 is 5.68. The summed E-state index contributed by atoms with van der Waals surface area (Å²) in [4.78, 5) is 0. The van der Waals surface area contributed by atoms with Gasteiger partial charge in [0, 0.05) is 25.7 Å². The van der Waals surface area contributed by atoms with Gasteiger partial charge in [0.05, 0.1) is 6.61 Å². The van der Waals surface area contributed by atoms with Crippen molar-refractivity contribution in [2.45, 2.75) is 39.3 Å². The van der Waals surface area contributed by atoms with Gasteiger partial charge in [0.25, 0.3) is 0 Å². The summed E-state index contributed by atoms with van der Waals surface area (Å²) >= 11 is 0. The second kappa shape index (κ2) is 8.40. The van der Waals surface area contributed by atoms with E-state index in [1.165, 1.54) is 11.1 Å². The van der Waals surface area contributed by atoms with Crippen LogP contribution in [0.4, 0.5) is 0 Å². The van der Waals surface area contributed by atoms with E-state index < -0.39 is 0 Å². The van der Waals surface area contributed by atoms with Gasteiger partial charge in [0.1, 0.15) is 0 Å². The van der Waals surface area contributed by atoms with E-state index in [2.05, 4.69) is 48.7 Å². The molecule has 1 heterocycles. The Morgan fingerprint density at radius 1 is 1.30 bits per heavy atom. The van der Waals surface area contributed by atoms with Crippen molar-refractivity contribution in [1.29, 1.82) is 0 Å². The predicted octanol–water partition coefficient (Wildman–Crippen LogP) is 2.87. The maximum Gasteiger partial charge on any atom is 0.0591 e. The molecule has 1 atom stereocenters. The van der Waals surface area contributed by atoms with Crippen LogP contribution < -0.4 is 10.6 Å². The lowest BCUT2D eigenvalue weighted by Gasteiger charge is -2.19. The van der Waals surface area contributed by atoms with Crippen LogP contribution in [0.2, 0.25) is 0 Å². The summed E-state index contributed by atoms with van der Waals surface area (Å²) in [6, 6.07) is 9.19. The molecule has 20 heavy (non-hydrogen) atoms. The molecule has 1 aliphatic rings. The number of ether oxygens (including phenoxy) is 1. The zero-order chi connectivity index (χ0) is 14.2. The molecular formula is C17H28N2O. The second-order valence-corrected chi connectivity index (χ2v) is 5.97. The fraction of sp³-hybridized carbons (Fsp3) is 0.647.